The zero-order valence-corrected chi connectivity index (χ0v) is 20.0. The Kier molecular flexibility index (Phi) is 8.06. The van der Waals surface area contributed by atoms with Gasteiger partial charge in [-0.05, 0) is 61.7 Å². The summed E-state index contributed by atoms with van der Waals surface area (Å²) in [5.74, 6) is -0.0197. The third kappa shape index (κ3) is 5.90. The van der Waals surface area contributed by atoms with Crippen LogP contribution in [0.4, 0.5) is 5.69 Å². The standard InChI is InChI=1S/C27H29NO4S/c1-4-20-32-26-9-7-6-8-23(26)14-19-27(29)28(24-15-12-22(5-2)13-16-24)33(30,31)25-17-10-21(3)11-18-25/h6-19H,4-5,20H2,1-3H3/b19-14+. The molecule has 3 aromatic rings. The molecule has 0 N–H and O–H groups in total. The highest BCUT2D eigenvalue weighted by atomic mass is 32.2. The molecule has 3 aromatic carbocycles. The van der Waals surface area contributed by atoms with Gasteiger partial charge >= 0.3 is 0 Å². The van der Waals surface area contributed by atoms with Gasteiger partial charge in [0.1, 0.15) is 5.75 Å². The topological polar surface area (TPSA) is 63.7 Å². The molecule has 0 radical (unpaired) electrons. The van der Waals surface area contributed by atoms with E-state index >= 15 is 0 Å². The lowest BCUT2D eigenvalue weighted by Gasteiger charge is -2.22. The first kappa shape index (κ1) is 24.3. The average Bonchev–Trinajstić information content (AvgIpc) is 2.82. The predicted molar refractivity (Wildman–Crippen MR) is 133 cm³/mol. The molecule has 0 aliphatic heterocycles. The fourth-order valence-corrected chi connectivity index (χ4v) is 4.65. The SMILES string of the molecule is CCCOc1ccccc1/C=C/C(=O)N(c1ccc(CC)cc1)S(=O)(=O)c1ccc(C)cc1. The molecular formula is C27H29NO4S. The smallest absolute Gasteiger partial charge is 0.271 e. The van der Waals surface area contributed by atoms with Gasteiger partial charge in [-0.1, -0.05) is 61.9 Å². The third-order valence-corrected chi connectivity index (χ3v) is 6.86. The Labute approximate surface area is 196 Å². The fourth-order valence-electron chi connectivity index (χ4n) is 3.26. The number of carbonyl (C=O) groups is 1. The summed E-state index contributed by atoms with van der Waals surface area (Å²) in [4.78, 5) is 13.4. The van der Waals surface area contributed by atoms with Crippen LogP contribution in [-0.4, -0.2) is 20.9 Å². The molecule has 0 saturated carbocycles. The molecule has 1 amide bonds. The molecule has 0 spiro atoms. The van der Waals surface area contributed by atoms with Crippen molar-refractivity contribution in [1.82, 2.24) is 0 Å². The van der Waals surface area contributed by atoms with Crippen LogP contribution in [0.25, 0.3) is 6.08 Å². The largest absolute Gasteiger partial charge is 0.493 e. The number of sulfonamides is 1. The van der Waals surface area contributed by atoms with Crippen LogP contribution >= 0.6 is 0 Å². The van der Waals surface area contributed by atoms with Crippen LogP contribution in [0.2, 0.25) is 0 Å². The molecule has 0 aliphatic rings. The van der Waals surface area contributed by atoms with Crippen molar-refractivity contribution in [2.75, 3.05) is 10.9 Å². The van der Waals surface area contributed by atoms with Crippen molar-refractivity contribution in [3.05, 3.63) is 95.6 Å². The van der Waals surface area contributed by atoms with Gasteiger partial charge in [-0.15, -0.1) is 0 Å². The second-order valence-electron chi connectivity index (χ2n) is 7.66. The van der Waals surface area contributed by atoms with Crippen LogP contribution in [-0.2, 0) is 21.2 Å². The number of hydrogen-bond acceptors (Lipinski definition) is 4. The van der Waals surface area contributed by atoms with Crippen LogP contribution in [0.5, 0.6) is 5.75 Å². The molecule has 33 heavy (non-hydrogen) atoms. The van der Waals surface area contributed by atoms with E-state index < -0.39 is 15.9 Å². The molecule has 0 atom stereocenters. The molecule has 5 nitrogen and oxygen atoms in total. The van der Waals surface area contributed by atoms with Gasteiger partial charge in [-0.2, -0.15) is 4.31 Å². The first-order chi connectivity index (χ1) is 15.9. The van der Waals surface area contributed by atoms with E-state index in [0.717, 1.165) is 28.3 Å². The number of anilines is 1. The lowest BCUT2D eigenvalue weighted by Crippen LogP contribution is -2.35. The maximum atomic E-state index is 13.5. The molecule has 3 rings (SSSR count). The quantitative estimate of drug-likeness (QED) is 0.377. The van der Waals surface area contributed by atoms with Crippen molar-refractivity contribution in [2.45, 2.75) is 38.5 Å². The fraction of sp³-hybridized carbons (Fsp3) is 0.222. The molecule has 0 heterocycles. The second kappa shape index (κ2) is 11.0. The summed E-state index contributed by atoms with van der Waals surface area (Å²) in [7, 11) is -4.12. The van der Waals surface area contributed by atoms with Gasteiger partial charge in [-0.3, -0.25) is 4.79 Å². The average molecular weight is 464 g/mol. The maximum Gasteiger partial charge on any atom is 0.271 e. The van der Waals surface area contributed by atoms with Gasteiger partial charge in [0.2, 0.25) is 0 Å². The minimum Gasteiger partial charge on any atom is -0.493 e. The van der Waals surface area contributed by atoms with Gasteiger partial charge in [0.25, 0.3) is 15.9 Å². The van der Waals surface area contributed by atoms with Crippen molar-refractivity contribution >= 4 is 27.7 Å². The molecule has 0 fully saturated rings. The first-order valence-corrected chi connectivity index (χ1v) is 12.5. The number of benzene rings is 3. The van der Waals surface area contributed by atoms with E-state index in [1.54, 1.807) is 30.3 Å². The van der Waals surface area contributed by atoms with Gasteiger partial charge in [0, 0.05) is 11.6 Å². The van der Waals surface area contributed by atoms with Crippen molar-refractivity contribution in [2.24, 2.45) is 0 Å². The summed E-state index contributed by atoms with van der Waals surface area (Å²) in [5.41, 5.74) is 2.98. The van der Waals surface area contributed by atoms with Crippen LogP contribution in [0, 0.1) is 6.92 Å². The van der Waals surface area contributed by atoms with Crippen LogP contribution in [0.3, 0.4) is 0 Å². The van der Waals surface area contributed by atoms with Gasteiger partial charge in [0.05, 0.1) is 17.2 Å². The van der Waals surface area contributed by atoms with Gasteiger partial charge in [-0.25, -0.2) is 8.42 Å². The summed E-state index contributed by atoms with van der Waals surface area (Å²) in [6.45, 7) is 6.46. The molecule has 6 heteroatoms. The lowest BCUT2D eigenvalue weighted by atomic mass is 10.1. The zero-order chi connectivity index (χ0) is 23.8. The second-order valence-corrected chi connectivity index (χ2v) is 9.45. The Morgan fingerprint density at radius 1 is 0.939 bits per heavy atom. The van der Waals surface area contributed by atoms with Crippen molar-refractivity contribution in [3.8, 4) is 5.75 Å². The van der Waals surface area contributed by atoms with E-state index in [-0.39, 0.29) is 10.6 Å². The number of para-hydroxylation sites is 1. The Morgan fingerprint density at radius 3 is 2.24 bits per heavy atom. The summed E-state index contributed by atoms with van der Waals surface area (Å²) < 4.78 is 33.6. The summed E-state index contributed by atoms with van der Waals surface area (Å²) >= 11 is 0. The number of rotatable bonds is 9. The Bertz CT molecular complexity index is 1210. The zero-order valence-electron chi connectivity index (χ0n) is 19.2. The maximum absolute atomic E-state index is 13.5. The van der Waals surface area contributed by atoms with Crippen LogP contribution in [0.1, 0.15) is 37.0 Å². The summed E-state index contributed by atoms with van der Waals surface area (Å²) in [6.07, 6.45) is 4.53. The molecular weight excluding hydrogens is 434 g/mol. The first-order valence-electron chi connectivity index (χ1n) is 11.0. The molecule has 0 bridgehead atoms. The Hall–Kier alpha value is -3.38. The van der Waals surface area contributed by atoms with E-state index in [4.69, 9.17) is 4.74 Å². The molecule has 0 aliphatic carbocycles. The highest BCUT2D eigenvalue weighted by Crippen LogP contribution is 2.26. The van der Waals surface area contributed by atoms with Crippen molar-refractivity contribution in [1.29, 1.82) is 0 Å². The molecule has 0 aromatic heterocycles. The van der Waals surface area contributed by atoms with E-state index in [0.29, 0.717) is 17.9 Å². The van der Waals surface area contributed by atoms with Crippen LogP contribution in [0.15, 0.2) is 83.8 Å². The monoisotopic (exact) mass is 463 g/mol. The summed E-state index contributed by atoms with van der Waals surface area (Å²) in [5, 5.41) is 0. The number of aryl methyl sites for hydroxylation is 2. The van der Waals surface area contributed by atoms with Crippen molar-refractivity contribution < 1.29 is 17.9 Å². The lowest BCUT2D eigenvalue weighted by molar-refractivity contribution is -0.113. The number of carbonyl (C=O) groups excluding carboxylic acids is 1. The molecule has 0 saturated heterocycles. The number of nitrogens with zero attached hydrogens (tertiary/aromatic N) is 1. The van der Waals surface area contributed by atoms with Crippen LogP contribution < -0.4 is 9.04 Å². The third-order valence-electron chi connectivity index (χ3n) is 5.12. The Balaban J connectivity index is 2.01. The highest BCUT2D eigenvalue weighted by molar-refractivity contribution is 7.93. The van der Waals surface area contributed by atoms with E-state index in [9.17, 15) is 13.2 Å². The predicted octanol–water partition coefficient (Wildman–Crippen LogP) is 5.78. The Morgan fingerprint density at radius 2 is 1.61 bits per heavy atom. The molecule has 0 unspecified atom stereocenters. The van der Waals surface area contributed by atoms with E-state index in [1.165, 1.54) is 18.2 Å². The minimum absolute atomic E-state index is 0.0566. The van der Waals surface area contributed by atoms with Crippen molar-refractivity contribution in [3.63, 3.8) is 0 Å². The highest BCUT2D eigenvalue weighted by Gasteiger charge is 2.29. The summed E-state index contributed by atoms with van der Waals surface area (Å²) in [6, 6.07) is 20.8. The minimum atomic E-state index is -4.12. The van der Waals surface area contributed by atoms with Gasteiger partial charge in [0.15, 0.2) is 0 Å². The normalized spacial score (nSPS) is 11.5. The van der Waals surface area contributed by atoms with Gasteiger partial charge < -0.3 is 4.74 Å². The number of amides is 1. The number of hydrogen-bond donors (Lipinski definition) is 0. The number of ether oxygens (including phenoxy) is 1. The van der Waals surface area contributed by atoms with E-state index in [1.807, 2.05) is 57.2 Å². The molecule has 172 valence electrons. The van der Waals surface area contributed by atoms with E-state index in [2.05, 4.69) is 0 Å².